The van der Waals surface area contributed by atoms with E-state index in [0.29, 0.717) is 18.3 Å². The Morgan fingerprint density at radius 2 is 1.91 bits per heavy atom. The van der Waals surface area contributed by atoms with Crippen molar-refractivity contribution >= 4 is 12.3 Å². The Kier molecular flexibility index (Phi) is 5.81. The Morgan fingerprint density at radius 3 is 2.59 bits per heavy atom. The summed E-state index contributed by atoms with van der Waals surface area (Å²) >= 11 is 0. The van der Waals surface area contributed by atoms with Crippen molar-refractivity contribution in [3.05, 3.63) is 12.2 Å². The molecule has 5 fully saturated rings. The average molecular weight is 479 g/mol. The Bertz CT molecular complexity index is 873. The van der Waals surface area contributed by atoms with Crippen LogP contribution in [0.1, 0.15) is 58.8 Å². The van der Waals surface area contributed by atoms with Crippen LogP contribution in [0, 0.1) is 39.9 Å². The Morgan fingerprint density at radius 1 is 1.18 bits per heavy atom. The van der Waals surface area contributed by atoms with Gasteiger partial charge in [0.05, 0.1) is 12.0 Å². The molecule has 5 rings (SSSR count). The molecule has 1 saturated heterocycles. The minimum Gasteiger partial charge on any atom is -0.432 e. The summed E-state index contributed by atoms with van der Waals surface area (Å²) in [5.41, 5.74) is -0.0797. The molecule has 1 spiro atoms. The summed E-state index contributed by atoms with van der Waals surface area (Å²) in [6.45, 7) is 7.84. The molecule has 0 unspecified atom stereocenters. The highest BCUT2D eigenvalue weighted by Crippen LogP contribution is 2.77. The topological polar surface area (TPSA) is 134 Å². The second kappa shape index (κ2) is 8.10. The third-order valence-electron chi connectivity index (χ3n) is 10.6. The number of hydrogen-bond acceptors (Lipinski definition) is 8. The smallest absolute Gasteiger partial charge is 0.314 e. The van der Waals surface area contributed by atoms with Crippen molar-refractivity contribution in [3.8, 4) is 0 Å². The number of ether oxygens (including phenoxy) is 2. The van der Waals surface area contributed by atoms with Crippen LogP contribution in [0.2, 0.25) is 0 Å². The van der Waals surface area contributed by atoms with Crippen LogP contribution in [-0.2, 0) is 19.1 Å². The summed E-state index contributed by atoms with van der Waals surface area (Å²) in [6, 6.07) is 0. The molecule has 0 aromatic heterocycles. The highest BCUT2D eigenvalue weighted by molar-refractivity contribution is 5.79. The molecule has 0 aromatic carbocycles. The Balaban J connectivity index is 1.47. The summed E-state index contributed by atoms with van der Waals surface area (Å²) in [5, 5.41) is 40.1. The zero-order valence-electron chi connectivity index (χ0n) is 20.1. The van der Waals surface area contributed by atoms with Gasteiger partial charge in [-0.3, -0.25) is 4.79 Å². The predicted molar refractivity (Wildman–Crippen MR) is 120 cm³/mol. The van der Waals surface area contributed by atoms with E-state index in [9.17, 15) is 30.0 Å². The van der Waals surface area contributed by atoms with Crippen LogP contribution in [0.25, 0.3) is 0 Å². The molecule has 0 radical (unpaired) electrons. The molecule has 4 N–H and O–H groups in total. The third-order valence-corrected chi connectivity index (χ3v) is 10.6. The van der Waals surface area contributed by atoms with Gasteiger partial charge in [0.15, 0.2) is 0 Å². The van der Waals surface area contributed by atoms with E-state index in [-0.39, 0.29) is 22.7 Å². The molecule has 4 saturated carbocycles. The van der Waals surface area contributed by atoms with Crippen LogP contribution >= 0.6 is 0 Å². The lowest BCUT2D eigenvalue weighted by Crippen LogP contribution is -2.60. The van der Waals surface area contributed by atoms with E-state index >= 15 is 0 Å². The van der Waals surface area contributed by atoms with Crippen molar-refractivity contribution < 1.29 is 39.5 Å². The van der Waals surface area contributed by atoms with Gasteiger partial charge in [-0.15, -0.1) is 0 Å². The predicted octanol–water partition coefficient (Wildman–Crippen LogP) is 1.33. The third kappa shape index (κ3) is 3.08. The maximum atomic E-state index is 13.8. The summed E-state index contributed by atoms with van der Waals surface area (Å²) in [6.07, 6.45) is -0.109. The van der Waals surface area contributed by atoms with E-state index in [4.69, 9.17) is 9.47 Å². The van der Waals surface area contributed by atoms with Gasteiger partial charge < -0.3 is 34.7 Å². The van der Waals surface area contributed by atoms with Gasteiger partial charge in [0.2, 0.25) is 6.29 Å². The summed E-state index contributed by atoms with van der Waals surface area (Å²) in [4.78, 5) is 26.5. The van der Waals surface area contributed by atoms with Crippen LogP contribution in [-0.4, -0.2) is 70.0 Å². The van der Waals surface area contributed by atoms with E-state index in [1.807, 2.05) is 6.92 Å². The molecule has 8 nitrogen and oxygen atoms in total. The van der Waals surface area contributed by atoms with Crippen molar-refractivity contribution in [3.63, 3.8) is 0 Å². The van der Waals surface area contributed by atoms with Crippen molar-refractivity contribution in [2.75, 3.05) is 6.61 Å². The van der Waals surface area contributed by atoms with Gasteiger partial charge in [-0.2, -0.15) is 0 Å². The van der Waals surface area contributed by atoms with Crippen LogP contribution in [0.4, 0.5) is 0 Å². The summed E-state index contributed by atoms with van der Waals surface area (Å²) < 4.78 is 11.1. The first-order chi connectivity index (χ1) is 16.0. The molecule has 0 amide bonds. The van der Waals surface area contributed by atoms with Crippen molar-refractivity contribution in [1.29, 1.82) is 0 Å². The van der Waals surface area contributed by atoms with Gasteiger partial charge in [0.25, 0.3) is 0 Å². The first kappa shape index (κ1) is 24.4. The number of aliphatic hydroxyl groups is 4. The fourth-order valence-electron chi connectivity index (χ4n) is 9.19. The summed E-state index contributed by atoms with van der Waals surface area (Å²) in [5.74, 6) is -0.260. The normalized spacial score (nSPS) is 54.3. The van der Waals surface area contributed by atoms with E-state index in [1.54, 1.807) is 0 Å². The minimum absolute atomic E-state index is 0.157. The number of esters is 1. The molecule has 190 valence electrons. The number of carbonyl (C=O) groups excluding carboxylic acids is 2. The van der Waals surface area contributed by atoms with Gasteiger partial charge in [0.1, 0.15) is 30.7 Å². The molecular weight excluding hydrogens is 440 g/mol. The number of hydrogen-bond donors (Lipinski definition) is 4. The largest absolute Gasteiger partial charge is 0.432 e. The molecular formula is C26H38O8. The van der Waals surface area contributed by atoms with E-state index in [1.165, 1.54) is 5.57 Å². The van der Waals surface area contributed by atoms with Gasteiger partial charge in [-0.25, -0.2) is 0 Å². The SMILES string of the molecule is C=C1C[C@]23C[C@H]1CC[C@H]2[C@]1(C)CCC[C@@](C)(C(=O)O[C@@H]2O[C@H](CO)[C@@H](O)[C@H](O)[C@H]2O)[C@H]1[C@@H]3C=O. The molecule has 1 heterocycles. The average Bonchev–Trinajstić information content (AvgIpc) is 3.19. The van der Waals surface area contributed by atoms with Gasteiger partial charge in [-0.05, 0) is 74.0 Å². The minimum atomic E-state index is -1.65. The van der Waals surface area contributed by atoms with Gasteiger partial charge in [-0.1, -0.05) is 25.5 Å². The Hall–Kier alpha value is -1.32. The lowest BCUT2D eigenvalue weighted by Gasteiger charge is -2.51. The molecule has 12 atom stereocenters. The fraction of sp³-hybridized carbons (Fsp3) is 0.846. The van der Waals surface area contributed by atoms with Gasteiger partial charge in [0, 0.05) is 5.92 Å². The van der Waals surface area contributed by atoms with Gasteiger partial charge >= 0.3 is 5.97 Å². The maximum Gasteiger partial charge on any atom is 0.314 e. The highest BCUT2D eigenvalue weighted by atomic mass is 16.7. The van der Waals surface area contributed by atoms with Crippen LogP contribution in [0.15, 0.2) is 12.2 Å². The molecule has 1 aliphatic heterocycles. The molecule has 34 heavy (non-hydrogen) atoms. The quantitative estimate of drug-likeness (QED) is 0.270. The lowest BCUT2D eigenvalue weighted by atomic mass is 9.53. The zero-order chi connectivity index (χ0) is 24.6. The zero-order valence-corrected chi connectivity index (χ0v) is 20.1. The maximum absolute atomic E-state index is 13.8. The first-order valence-corrected chi connectivity index (χ1v) is 12.7. The molecule has 4 aliphatic carbocycles. The van der Waals surface area contributed by atoms with Crippen LogP contribution in [0.3, 0.4) is 0 Å². The van der Waals surface area contributed by atoms with Crippen molar-refractivity contribution in [2.45, 2.75) is 89.5 Å². The van der Waals surface area contributed by atoms with Crippen molar-refractivity contribution in [1.82, 2.24) is 0 Å². The number of carbonyl (C=O) groups is 2. The molecule has 5 aliphatic rings. The number of allylic oxidation sites excluding steroid dienone is 1. The van der Waals surface area contributed by atoms with E-state index < -0.39 is 48.7 Å². The summed E-state index contributed by atoms with van der Waals surface area (Å²) in [7, 11) is 0. The molecule has 0 aromatic rings. The van der Waals surface area contributed by atoms with Crippen LogP contribution < -0.4 is 0 Å². The number of rotatable bonds is 4. The first-order valence-electron chi connectivity index (χ1n) is 12.7. The highest BCUT2D eigenvalue weighted by Gasteiger charge is 2.73. The monoisotopic (exact) mass is 478 g/mol. The number of fused-ring (bicyclic) bond motifs is 3. The van der Waals surface area contributed by atoms with Crippen molar-refractivity contribution in [2.24, 2.45) is 39.9 Å². The number of aliphatic hydroxyl groups excluding tert-OH is 4. The van der Waals surface area contributed by atoms with E-state index in [2.05, 4.69) is 13.5 Å². The second-order valence-electron chi connectivity index (χ2n) is 12.1. The van der Waals surface area contributed by atoms with Crippen LogP contribution in [0.5, 0.6) is 0 Å². The molecule has 8 heteroatoms. The second-order valence-corrected chi connectivity index (χ2v) is 12.1. The lowest BCUT2D eigenvalue weighted by molar-refractivity contribution is -0.297. The number of aldehydes is 1. The Labute approximate surface area is 200 Å². The molecule has 2 bridgehead atoms. The van der Waals surface area contributed by atoms with E-state index in [0.717, 1.165) is 44.8 Å². The fourth-order valence-corrected chi connectivity index (χ4v) is 9.19. The standard InChI is InChI=1S/C26H38O8/c1-13-9-26-10-14(13)5-6-17(26)24(2)7-4-8-25(3,21(24)15(26)11-27)23(32)34-22-20(31)19(30)18(29)16(12-28)33-22/h11,14-22,28-31H,1,4-10,12H2,2-3H3/t14-,15+,16-,17+,18-,19+,20-,21+,22+,24+,25-,26-/m1/s1.